The Hall–Kier alpha value is -2.02. The molecule has 14 heavy (non-hydrogen) atoms. The Kier molecular flexibility index (Phi) is 3.50. The van der Waals surface area contributed by atoms with Crippen molar-refractivity contribution in [1.29, 1.82) is 5.26 Å². The maximum Gasteiger partial charge on any atom is 0.298 e. The molecule has 0 spiro atoms. The van der Waals surface area contributed by atoms with E-state index in [0.717, 1.165) is 5.56 Å². The van der Waals surface area contributed by atoms with E-state index >= 15 is 0 Å². The van der Waals surface area contributed by atoms with Gasteiger partial charge in [0.05, 0.1) is 0 Å². The number of hydrogen-bond donors (Lipinski definition) is 0. The molecule has 1 rings (SSSR count). The average Bonchev–Trinajstić information content (AvgIpc) is 2.18. The summed E-state index contributed by atoms with van der Waals surface area (Å²) in [7, 11) is 0. The highest BCUT2D eigenvalue weighted by molar-refractivity contribution is 5.51. The van der Waals surface area contributed by atoms with Crippen LogP contribution >= 0.6 is 0 Å². The Morgan fingerprint density at radius 3 is 2.93 bits per heavy atom. The van der Waals surface area contributed by atoms with Crippen LogP contribution in [0.5, 0.6) is 11.5 Å². The molecule has 0 saturated heterocycles. The molecule has 0 aromatic heterocycles. The van der Waals surface area contributed by atoms with E-state index in [1.807, 2.05) is 13.0 Å². The smallest absolute Gasteiger partial charge is 0.298 e. The second-order valence-corrected chi connectivity index (χ2v) is 2.61. The first kappa shape index (κ1) is 10.1. The lowest BCUT2D eigenvalue weighted by Gasteiger charge is -2.07. The number of hydrogen-bond acceptors (Lipinski definition) is 4. The van der Waals surface area contributed by atoms with Crippen molar-refractivity contribution in [1.82, 2.24) is 0 Å². The molecule has 4 nitrogen and oxygen atoms in total. The highest BCUT2D eigenvalue weighted by atomic mass is 16.5. The Morgan fingerprint density at radius 1 is 1.50 bits per heavy atom. The molecular formula is C10H9NO3. The molecule has 0 aliphatic rings. The molecule has 0 aliphatic heterocycles. The Balaban J connectivity index is 2.91. The van der Waals surface area contributed by atoms with Gasteiger partial charge in [0.15, 0.2) is 18.1 Å². The molecule has 4 heteroatoms. The van der Waals surface area contributed by atoms with Crippen LogP contribution in [0.15, 0.2) is 18.2 Å². The molecule has 72 valence electrons. The van der Waals surface area contributed by atoms with Crippen LogP contribution in [0.25, 0.3) is 0 Å². The zero-order valence-electron chi connectivity index (χ0n) is 7.69. The van der Waals surface area contributed by atoms with Crippen LogP contribution in [0, 0.1) is 18.3 Å². The topological polar surface area (TPSA) is 59.3 Å². The van der Waals surface area contributed by atoms with Gasteiger partial charge in [-0.1, -0.05) is 6.07 Å². The van der Waals surface area contributed by atoms with Gasteiger partial charge in [0.2, 0.25) is 0 Å². The molecule has 0 radical (unpaired) electrons. The molecule has 0 bridgehead atoms. The normalized spacial score (nSPS) is 8.86. The minimum Gasteiger partial charge on any atom is -0.475 e. The summed E-state index contributed by atoms with van der Waals surface area (Å²) in [6, 6.07) is 6.95. The van der Waals surface area contributed by atoms with Crippen LogP contribution in [0.2, 0.25) is 0 Å². The first-order valence-corrected chi connectivity index (χ1v) is 3.98. The number of nitriles is 1. The summed E-state index contributed by atoms with van der Waals surface area (Å²) in [5.74, 6) is 0.722. The molecule has 0 amide bonds. The van der Waals surface area contributed by atoms with Crippen LogP contribution in [0.1, 0.15) is 5.56 Å². The Morgan fingerprint density at radius 2 is 2.29 bits per heavy atom. The third kappa shape index (κ3) is 2.49. The van der Waals surface area contributed by atoms with E-state index in [1.54, 1.807) is 18.2 Å². The minimum atomic E-state index is -0.0708. The van der Waals surface area contributed by atoms with Gasteiger partial charge in [0.25, 0.3) is 6.47 Å². The molecular weight excluding hydrogens is 182 g/mol. The van der Waals surface area contributed by atoms with Gasteiger partial charge >= 0.3 is 0 Å². The fraction of sp³-hybridized carbons (Fsp3) is 0.200. The Labute approximate surface area is 81.7 Å². The van der Waals surface area contributed by atoms with Gasteiger partial charge in [-0.3, -0.25) is 4.79 Å². The number of ether oxygens (including phenoxy) is 2. The second kappa shape index (κ2) is 4.87. The maximum atomic E-state index is 10.1. The molecule has 1 aromatic rings. The molecule has 1 aromatic carbocycles. The summed E-state index contributed by atoms with van der Waals surface area (Å²) in [6.45, 7) is 2.13. The van der Waals surface area contributed by atoms with E-state index in [2.05, 4.69) is 4.74 Å². The zero-order valence-corrected chi connectivity index (χ0v) is 7.69. The van der Waals surface area contributed by atoms with Gasteiger partial charge in [0, 0.05) is 0 Å². The summed E-state index contributed by atoms with van der Waals surface area (Å²) >= 11 is 0. The summed E-state index contributed by atoms with van der Waals surface area (Å²) in [6.07, 6.45) is 0. The van der Waals surface area contributed by atoms with E-state index in [4.69, 9.17) is 10.00 Å². The Bertz CT molecular complexity index is 368. The van der Waals surface area contributed by atoms with Gasteiger partial charge in [0.1, 0.15) is 6.07 Å². The van der Waals surface area contributed by atoms with E-state index in [-0.39, 0.29) is 6.61 Å². The quantitative estimate of drug-likeness (QED) is 0.675. The van der Waals surface area contributed by atoms with E-state index in [0.29, 0.717) is 18.0 Å². The average molecular weight is 191 g/mol. The van der Waals surface area contributed by atoms with Crippen LogP contribution in [0.4, 0.5) is 0 Å². The third-order valence-corrected chi connectivity index (χ3v) is 1.57. The fourth-order valence-corrected chi connectivity index (χ4v) is 0.987. The van der Waals surface area contributed by atoms with Crippen molar-refractivity contribution in [2.24, 2.45) is 0 Å². The molecule has 0 aliphatic carbocycles. The zero-order chi connectivity index (χ0) is 10.4. The fourth-order valence-electron chi connectivity index (χ4n) is 0.987. The number of carbonyl (C=O) groups excluding carboxylic acids is 1. The van der Waals surface area contributed by atoms with Crippen molar-refractivity contribution in [3.63, 3.8) is 0 Å². The summed E-state index contributed by atoms with van der Waals surface area (Å²) in [4.78, 5) is 10.1. The molecule has 0 N–H and O–H groups in total. The van der Waals surface area contributed by atoms with Gasteiger partial charge in [-0.25, -0.2) is 0 Å². The minimum absolute atomic E-state index is 0.0708. The number of rotatable bonds is 4. The van der Waals surface area contributed by atoms with Crippen LogP contribution < -0.4 is 9.47 Å². The first-order valence-electron chi connectivity index (χ1n) is 3.98. The molecule has 0 unspecified atom stereocenters. The van der Waals surface area contributed by atoms with E-state index in [1.165, 1.54) is 0 Å². The number of nitrogens with zero attached hydrogens (tertiary/aromatic N) is 1. The number of aryl methyl sites for hydroxylation is 1. The molecule has 0 heterocycles. The van der Waals surface area contributed by atoms with Gasteiger partial charge in [-0.05, 0) is 24.6 Å². The van der Waals surface area contributed by atoms with Crippen molar-refractivity contribution in [2.75, 3.05) is 6.61 Å². The van der Waals surface area contributed by atoms with Gasteiger partial charge in [-0.2, -0.15) is 5.26 Å². The van der Waals surface area contributed by atoms with Crippen molar-refractivity contribution in [2.45, 2.75) is 6.92 Å². The standard InChI is InChI=1S/C10H9NO3/c1-8-2-3-9(14-7-12)10(6-8)13-5-4-11/h2-3,6-7H,5H2,1H3. The van der Waals surface area contributed by atoms with Crippen molar-refractivity contribution >= 4 is 6.47 Å². The van der Waals surface area contributed by atoms with Crippen LogP contribution in [0.3, 0.4) is 0 Å². The third-order valence-electron chi connectivity index (χ3n) is 1.57. The van der Waals surface area contributed by atoms with Gasteiger partial charge < -0.3 is 9.47 Å². The molecule has 0 atom stereocenters. The van der Waals surface area contributed by atoms with E-state index in [9.17, 15) is 4.79 Å². The highest BCUT2D eigenvalue weighted by Gasteiger charge is 2.04. The lowest BCUT2D eigenvalue weighted by atomic mass is 10.2. The van der Waals surface area contributed by atoms with E-state index < -0.39 is 0 Å². The number of benzene rings is 1. The molecule has 0 saturated carbocycles. The largest absolute Gasteiger partial charge is 0.475 e. The monoisotopic (exact) mass is 191 g/mol. The van der Waals surface area contributed by atoms with Crippen molar-refractivity contribution < 1.29 is 14.3 Å². The predicted molar refractivity (Wildman–Crippen MR) is 49.0 cm³/mol. The van der Waals surface area contributed by atoms with Crippen LogP contribution in [-0.2, 0) is 4.79 Å². The first-order chi connectivity index (χ1) is 6.77. The second-order valence-electron chi connectivity index (χ2n) is 2.61. The van der Waals surface area contributed by atoms with Gasteiger partial charge in [-0.15, -0.1) is 0 Å². The lowest BCUT2D eigenvalue weighted by Crippen LogP contribution is -1.98. The van der Waals surface area contributed by atoms with Crippen molar-refractivity contribution in [3.8, 4) is 17.6 Å². The summed E-state index contributed by atoms with van der Waals surface area (Å²) in [5, 5.41) is 8.33. The highest BCUT2D eigenvalue weighted by Crippen LogP contribution is 2.27. The predicted octanol–water partition coefficient (Wildman–Crippen LogP) is 1.43. The maximum absolute atomic E-state index is 10.1. The SMILES string of the molecule is Cc1ccc(OC=O)c(OCC#N)c1. The summed E-state index contributed by atoms with van der Waals surface area (Å²) in [5.41, 5.74) is 0.969. The lowest BCUT2D eigenvalue weighted by molar-refractivity contribution is -0.120. The van der Waals surface area contributed by atoms with Crippen LogP contribution in [-0.4, -0.2) is 13.1 Å². The van der Waals surface area contributed by atoms with Crippen molar-refractivity contribution in [3.05, 3.63) is 23.8 Å². The number of carbonyl (C=O) groups is 1. The summed E-state index contributed by atoms with van der Waals surface area (Å²) < 4.78 is 9.75. The molecule has 0 fully saturated rings.